The van der Waals surface area contributed by atoms with Gasteiger partial charge in [-0.15, -0.1) is 0 Å². The van der Waals surface area contributed by atoms with E-state index in [-0.39, 0.29) is 21.6 Å². The van der Waals surface area contributed by atoms with Crippen molar-refractivity contribution in [2.24, 2.45) is 0 Å². The highest BCUT2D eigenvalue weighted by molar-refractivity contribution is 5.98. The van der Waals surface area contributed by atoms with Gasteiger partial charge in [0.15, 0.2) is 33.8 Å². The van der Waals surface area contributed by atoms with E-state index in [0.29, 0.717) is 6.07 Å². The number of aliphatic hydroxyl groups is 2. The Morgan fingerprint density at radius 3 is 2.00 bits per heavy atom. The molecule has 0 amide bonds. The molecule has 3 nitrogen and oxygen atoms in total. The second-order valence-corrected chi connectivity index (χ2v) is 4.65. The van der Waals surface area contributed by atoms with Crippen LogP contribution in [-0.2, 0) is 10.4 Å². The Bertz CT molecular complexity index is 674. The minimum absolute atomic E-state index is 0.0373. The molecule has 0 fully saturated rings. The van der Waals surface area contributed by atoms with Gasteiger partial charge in [0, 0.05) is 11.1 Å². The molecule has 0 aliphatic heterocycles. The van der Waals surface area contributed by atoms with Crippen LogP contribution in [0.15, 0.2) is 30.3 Å². The van der Waals surface area contributed by atoms with E-state index in [9.17, 15) is 27.8 Å². The molecule has 0 aliphatic rings. The Labute approximate surface area is 120 Å². The van der Waals surface area contributed by atoms with Crippen LogP contribution in [0.25, 0.3) is 11.1 Å². The summed E-state index contributed by atoms with van der Waals surface area (Å²) in [5.74, 6) is -9.32. The highest BCUT2D eigenvalue weighted by Gasteiger charge is 2.25. The second kappa shape index (κ2) is 5.56. The van der Waals surface area contributed by atoms with Crippen LogP contribution in [0.5, 0.6) is 0 Å². The molecule has 0 saturated heterocycles. The van der Waals surface area contributed by atoms with Crippen molar-refractivity contribution in [2.45, 2.75) is 5.97 Å². The minimum atomic E-state index is -2.48. The van der Waals surface area contributed by atoms with Gasteiger partial charge in [-0.2, -0.15) is 0 Å². The van der Waals surface area contributed by atoms with E-state index in [1.807, 2.05) is 0 Å². The van der Waals surface area contributed by atoms with Gasteiger partial charge >= 0.3 is 0 Å². The molecule has 21 heavy (non-hydrogen) atoms. The Morgan fingerprint density at radius 1 is 0.905 bits per heavy atom. The van der Waals surface area contributed by atoms with Gasteiger partial charge < -0.3 is 14.6 Å². The predicted molar refractivity (Wildman–Crippen MR) is 68.8 cm³/mol. The lowest BCUT2D eigenvalue weighted by Gasteiger charge is -2.20. The fourth-order valence-electron chi connectivity index (χ4n) is 1.77. The van der Waals surface area contributed by atoms with E-state index in [0.717, 1.165) is 0 Å². The summed E-state index contributed by atoms with van der Waals surface area (Å²) >= 11 is 0. The molecule has 0 unspecified atom stereocenters. The molecule has 112 valence electrons. The lowest BCUT2D eigenvalue weighted by atomic mass is 10.0. The van der Waals surface area contributed by atoms with E-state index >= 15 is 0 Å². The van der Waals surface area contributed by atoms with Crippen molar-refractivity contribution < 1.29 is 32.2 Å². The molecule has 0 bridgehead atoms. The SMILES string of the molecule is OC(O)(O[SiH3])c1ccc(-c2cc(F)c(F)c(F)c2F)cc1. The first-order chi connectivity index (χ1) is 9.77. The van der Waals surface area contributed by atoms with Crippen molar-refractivity contribution in [2.75, 3.05) is 0 Å². The number of benzene rings is 2. The smallest absolute Gasteiger partial charge is 0.296 e. The van der Waals surface area contributed by atoms with Gasteiger partial charge in [-0.25, -0.2) is 17.6 Å². The maximum Gasteiger partial charge on any atom is 0.296 e. The molecule has 0 aliphatic carbocycles. The monoisotopic (exact) mass is 318 g/mol. The molecule has 0 spiro atoms. The standard InChI is InChI=1S/C13H10F4O3Si/c14-9-5-8(10(15)12(17)11(9)16)6-1-3-7(4-2-6)13(18,19)20-21/h1-5,18-19H,21H3. The summed E-state index contributed by atoms with van der Waals surface area (Å²) < 4.78 is 57.4. The van der Waals surface area contributed by atoms with Gasteiger partial charge in [0.1, 0.15) is 0 Å². The van der Waals surface area contributed by atoms with Crippen molar-refractivity contribution >= 4 is 10.5 Å². The molecule has 0 aromatic heterocycles. The quantitative estimate of drug-likeness (QED) is 0.295. The molecule has 2 rings (SSSR count). The first kappa shape index (κ1) is 15.6. The highest BCUT2D eigenvalue weighted by Crippen LogP contribution is 2.29. The zero-order chi connectivity index (χ0) is 15.8. The summed E-state index contributed by atoms with van der Waals surface area (Å²) in [4.78, 5) is 0. The number of hydrogen-bond donors (Lipinski definition) is 2. The third-order valence-corrected chi connectivity index (χ3v) is 3.53. The van der Waals surface area contributed by atoms with Gasteiger partial charge in [0.05, 0.1) is 0 Å². The average Bonchev–Trinajstić information content (AvgIpc) is 2.49. The van der Waals surface area contributed by atoms with Gasteiger partial charge in [-0.1, -0.05) is 24.3 Å². The van der Waals surface area contributed by atoms with Crippen LogP contribution in [-0.4, -0.2) is 20.7 Å². The Morgan fingerprint density at radius 2 is 1.48 bits per heavy atom. The number of rotatable bonds is 3. The zero-order valence-corrected chi connectivity index (χ0v) is 12.7. The van der Waals surface area contributed by atoms with Gasteiger partial charge in [-0.05, 0) is 11.6 Å². The van der Waals surface area contributed by atoms with Crippen LogP contribution >= 0.6 is 0 Å². The molecule has 0 saturated carbocycles. The largest absolute Gasteiger partial charge is 0.377 e. The Balaban J connectivity index is 2.50. The van der Waals surface area contributed by atoms with E-state index in [1.54, 1.807) is 0 Å². The summed E-state index contributed by atoms with van der Waals surface area (Å²) in [5, 5.41) is 18.9. The van der Waals surface area contributed by atoms with Crippen LogP contribution in [0, 0.1) is 23.3 Å². The molecular weight excluding hydrogens is 308 g/mol. The first-order valence-corrected chi connectivity index (χ1v) is 6.53. The lowest BCUT2D eigenvalue weighted by Crippen LogP contribution is -2.27. The van der Waals surface area contributed by atoms with Crippen molar-refractivity contribution in [3.8, 4) is 11.1 Å². The van der Waals surface area contributed by atoms with Crippen LogP contribution < -0.4 is 0 Å². The third kappa shape index (κ3) is 2.83. The molecule has 2 N–H and O–H groups in total. The second-order valence-electron chi connectivity index (χ2n) is 4.24. The van der Waals surface area contributed by atoms with Crippen LogP contribution in [0.1, 0.15) is 5.56 Å². The van der Waals surface area contributed by atoms with Crippen molar-refractivity contribution in [1.29, 1.82) is 0 Å². The topological polar surface area (TPSA) is 49.7 Å². The summed E-state index contributed by atoms with van der Waals surface area (Å²) in [6.07, 6.45) is 0. The average molecular weight is 318 g/mol. The molecular formula is C13H10F4O3Si. The maximum absolute atomic E-state index is 13.6. The predicted octanol–water partition coefficient (Wildman–Crippen LogP) is 1.30. The molecule has 0 atom stereocenters. The molecule has 2 aromatic rings. The summed E-state index contributed by atoms with van der Waals surface area (Å²) in [6.45, 7) is 0. The molecule has 2 aromatic carbocycles. The molecule has 0 heterocycles. The van der Waals surface area contributed by atoms with Gasteiger partial charge in [-0.3, -0.25) is 0 Å². The normalized spacial score (nSPS) is 11.9. The number of halogens is 4. The Hall–Kier alpha value is -1.74. The van der Waals surface area contributed by atoms with Gasteiger partial charge in [0.2, 0.25) is 0 Å². The van der Waals surface area contributed by atoms with E-state index in [4.69, 9.17) is 0 Å². The zero-order valence-electron chi connectivity index (χ0n) is 10.7. The summed E-state index contributed by atoms with van der Waals surface area (Å²) in [6, 6.07) is 5.30. The highest BCUT2D eigenvalue weighted by atomic mass is 28.2. The first-order valence-electron chi connectivity index (χ1n) is 5.71. The van der Waals surface area contributed by atoms with Crippen molar-refractivity contribution in [1.82, 2.24) is 0 Å². The van der Waals surface area contributed by atoms with Crippen LogP contribution in [0.4, 0.5) is 17.6 Å². The number of hydrogen-bond acceptors (Lipinski definition) is 3. The minimum Gasteiger partial charge on any atom is -0.377 e. The summed E-state index contributed by atoms with van der Waals surface area (Å²) in [7, 11) is 0.0502. The van der Waals surface area contributed by atoms with E-state index < -0.39 is 34.8 Å². The van der Waals surface area contributed by atoms with E-state index in [1.165, 1.54) is 24.3 Å². The molecule has 8 heteroatoms. The fraction of sp³-hybridized carbons (Fsp3) is 0.0769. The van der Waals surface area contributed by atoms with Crippen LogP contribution in [0.2, 0.25) is 0 Å². The lowest BCUT2D eigenvalue weighted by molar-refractivity contribution is -0.303. The maximum atomic E-state index is 13.6. The third-order valence-electron chi connectivity index (χ3n) is 2.96. The van der Waals surface area contributed by atoms with Crippen LogP contribution in [0.3, 0.4) is 0 Å². The Kier molecular flexibility index (Phi) is 4.15. The summed E-state index contributed by atoms with van der Waals surface area (Å²) in [5.41, 5.74) is -0.478. The van der Waals surface area contributed by atoms with Crippen molar-refractivity contribution in [3.05, 3.63) is 59.2 Å². The van der Waals surface area contributed by atoms with Gasteiger partial charge in [0.25, 0.3) is 5.97 Å². The molecule has 0 radical (unpaired) electrons. The fourth-order valence-corrected chi connectivity index (χ4v) is 2.00. The van der Waals surface area contributed by atoms with E-state index in [2.05, 4.69) is 4.43 Å². The van der Waals surface area contributed by atoms with Crippen molar-refractivity contribution in [3.63, 3.8) is 0 Å².